The number of nitrogens with zero attached hydrogens (tertiary/aromatic N) is 2. The van der Waals surface area contributed by atoms with Crippen molar-refractivity contribution in [2.24, 2.45) is 7.05 Å². The molecule has 0 fully saturated rings. The predicted octanol–water partition coefficient (Wildman–Crippen LogP) is 3.61. The highest BCUT2D eigenvalue weighted by atomic mass is 32.2. The van der Waals surface area contributed by atoms with Crippen molar-refractivity contribution in [2.45, 2.75) is 17.3 Å². The average Bonchev–Trinajstić information content (AvgIpc) is 2.67. The summed E-state index contributed by atoms with van der Waals surface area (Å²) in [5.41, 5.74) is -1.12. The Morgan fingerprint density at radius 1 is 1.14 bits per heavy atom. The third-order valence-corrected chi connectivity index (χ3v) is 5.10. The molecule has 3 aromatic rings. The Morgan fingerprint density at radius 2 is 1.75 bits per heavy atom. The normalized spacial score (nSPS) is 12.2. The summed E-state index contributed by atoms with van der Waals surface area (Å²) < 4.78 is 55.2. The van der Waals surface area contributed by atoms with Gasteiger partial charge in [-0.2, -0.15) is 0 Å². The van der Waals surface area contributed by atoms with Gasteiger partial charge in [0.1, 0.15) is 5.69 Å². The average molecular weight is 411 g/mol. The van der Waals surface area contributed by atoms with Crippen molar-refractivity contribution >= 4 is 34.3 Å². The van der Waals surface area contributed by atoms with Crippen molar-refractivity contribution < 1.29 is 22.4 Å². The van der Waals surface area contributed by atoms with Crippen molar-refractivity contribution in [3.8, 4) is 0 Å². The largest absolute Gasteiger partial charge is 0.320 e. The van der Waals surface area contributed by atoms with Crippen LogP contribution in [0.3, 0.4) is 0 Å². The highest BCUT2D eigenvalue weighted by Gasteiger charge is 2.24. The lowest BCUT2D eigenvalue weighted by Crippen LogP contribution is -2.26. The van der Waals surface area contributed by atoms with Crippen molar-refractivity contribution in [2.75, 3.05) is 5.32 Å². The molecule has 1 heterocycles. The molecule has 0 spiro atoms. The van der Waals surface area contributed by atoms with E-state index in [1.807, 2.05) is 5.32 Å². The highest BCUT2D eigenvalue weighted by Crippen LogP contribution is 2.27. The molecule has 1 aromatic heterocycles. The number of carbonyl (C=O) groups excluding carboxylic acids is 1. The first-order chi connectivity index (χ1) is 13.2. The smallest absolute Gasteiger partial charge is 0.261 e. The SMILES string of the molecule is CC(Sc1nc2ccccc2c(=O)n1C)C(=O)Nc1c(F)c(F)cc(F)c1F. The Hall–Kier alpha value is -2.88. The summed E-state index contributed by atoms with van der Waals surface area (Å²) in [6.45, 7) is 1.40. The molecule has 0 aliphatic heterocycles. The number of hydrogen-bond acceptors (Lipinski definition) is 4. The van der Waals surface area contributed by atoms with Gasteiger partial charge in [0.15, 0.2) is 28.4 Å². The zero-order chi connectivity index (χ0) is 20.6. The first-order valence-electron chi connectivity index (χ1n) is 7.97. The first-order valence-corrected chi connectivity index (χ1v) is 8.85. The monoisotopic (exact) mass is 411 g/mol. The molecule has 2 aromatic carbocycles. The van der Waals surface area contributed by atoms with E-state index in [0.29, 0.717) is 10.9 Å². The number of benzene rings is 2. The number of anilines is 1. The number of halogens is 4. The Balaban J connectivity index is 1.87. The molecule has 1 amide bonds. The van der Waals surface area contributed by atoms with Crippen molar-refractivity contribution in [3.05, 3.63) is 64.0 Å². The van der Waals surface area contributed by atoms with Crippen LogP contribution in [0.2, 0.25) is 0 Å². The standard InChI is InChI=1S/C18H13F4N3O2S/c1-8(16(26)24-15-13(21)10(19)7-11(20)14(15)22)28-18-23-12-6-4-3-5-9(12)17(27)25(18)2/h3-8H,1-2H3,(H,24,26). The maximum Gasteiger partial charge on any atom is 0.261 e. The molecule has 1 N–H and O–H groups in total. The van der Waals surface area contributed by atoms with Gasteiger partial charge < -0.3 is 5.32 Å². The van der Waals surface area contributed by atoms with Crippen LogP contribution in [0.4, 0.5) is 23.2 Å². The van der Waals surface area contributed by atoms with E-state index in [4.69, 9.17) is 0 Å². The van der Waals surface area contributed by atoms with Gasteiger partial charge >= 0.3 is 0 Å². The van der Waals surface area contributed by atoms with Gasteiger partial charge in [-0.15, -0.1) is 0 Å². The van der Waals surface area contributed by atoms with E-state index in [1.54, 1.807) is 24.3 Å². The van der Waals surface area contributed by atoms with Crippen molar-refractivity contribution in [3.63, 3.8) is 0 Å². The van der Waals surface area contributed by atoms with Crippen LogP contribution in [-0.4, -0.2) is 20.7 Å². The lowest BCUT2D eigenvalue weighted by atomic mass is 10.2. The molecule has 146 valence electrons. The molecule has 5 nitrogen and oxygen atoms in total. The van der Waals surface area contributed by atoms with Crippen LogP contribution in [0.5, 0.6) is 0 Å². The summed E-state index contributed by atoms with van der Waals surface area (Å²) in [4.78, 5) is 29.0. The number of rotatable bonds is 4. The van der Waals surface area contributed by atoms with E-state index in [1.165, 1.54) is 18.5 Å². The molecule has 28 heavy (non-hydrogen) atoms. The maximum atomic E-state index is 13.7. The fraction of sp³-hybridized carbons (Fsp3) is 0.167. The van der Waals surface area contributed by atoms with Gasteiger partial charge in [0.25, 0.3) is 5.56 Å². The Morgan fingerprint density at radius 3 is 2.39 bits per heavy atom. The lowest BCUT2D eigenvalue weighted by Gasteiger charge is -2.15. The topological polar surface area (TPSA) is 64.0 Å². The van der Waals surface area contributed by atoms with Crippen molar-refractivity contribution in [1.29, 1.82) is 0 Å². The maximum absolute atomic E-state index is 13.7. The number of hydrogen-bond donors (Lipinski definition) is 1. The second kappa shape index (κ2) is 7.63. The second-order valence-electron chi connectivity index (χ2n) is 5.87. The molecule has 1 unspecified atom stereocenters. The molecule has 10 heteroatoms. The third kappa shape index (κ3) is 3.59. The van der Waals surface area contributed by atoms with E-state index in [9.17, 15) is 27.2 Å². The second-order valence-corrected chi connectivity index (χ2v) is 7.18. The van der Waals surface area contributed by atoms with E-state index >= 15 is 0 Å². The van der Waals surface area contributed by atoms with Gasteiger partial charge in [0.05, 0.1) is 16.2 Å². The number of nitrogens with one attached hydrogen (secondary N) is 1. The third-order valence-electron chi connectivity index (χ3n) is 3.95. The van der Waals surface area contributed by atoms with Gasteiger partial charge in [0.2, 0.25) is 5.91 Å². The van der Waals surface area contributed by atoms with Crippen molar-refractivity contribution in [1.82, 2.24) is 9.55 Å². The minimum absolute atomic E-state index is 0.0489. The molecule has 3 rings (SSSR count). The molecule has 0 saturated heterocycles. The van der Waals surface area contributed by atoms with Crippen LogP contribution >= 0.6 is 11.8 Å². The van der Waals surface area contributed by atoms with Crippen LogP contribution in [0, 0.1) is 23.3 Å². The molecule has 0 aliphatic carbocycles. The zero-order valence-electron chi connectivity index (χ0n) is 14.6. The van der Waals surface area contributed by atoms with Crippen LogP contribution in [0.15, 0.2) is 40.3 Å². The molecule has 0 radical (unpaired) electrons. The minimum Gasteiger partial charge on any atom is -0.320 e. The first kappa shape index (κ1) is 19.9. The number of amides is 1. The van der Waals surface area contributed by atoms with E-state index in [0.717, 1.165) is 11.8 Å². The molecule has 0 saturated carbocycles. The summed E-state index contributed by atoms with van der Waals surface area (Å²) in [7, 11) is 1.47. The molecule has 0 bridgehead atoms. The van der Waals surface area contributed by atoms with Crippen LogP contribution < -0.4 is 10.9 Å². The molecular weight excluding hydrogens is 398 g/mol. The summed E-state index contributed by atoms with van der Waals surface area (Å²) in [5.74, 6) is -7.60. The summed E-state index contributed by atoms with van der Waals surface area (Å²) >= 11 is 0.854. The number of para-hydroxylation sites is 1. The Labute approximate surface area is 160 Å². The van der Waals surface area contributed by atoms with Gasteiger partial charge in [-0.05, 0) is 19.1 Å². The number of carbonyl (C=O) groups is 1. The Bertz CT molecular complexity index is 1120. The minimum atomic E-state index is -1.71. The fourth-order valence-corrected chi connectivity index (χ4v) is 3.30. The number of thioether (sulfide) groups is 1. The van der Waals surface area contributed by atoms with Crippen LogP contribution in [-0.2, 0) is 11.8 Å². The number of aromatic nitrogens is 2. The lowest BCUT2D eigenvalue weighted by molar-refractivity contribution is -0.115. The highest BCUT2D eigenvalue weighted by molar-refractivity contribution is 8.00. The van der Waals surface area contributed by atoms with Gasteiger partial charge in [0, 0.05) is 13.1 Å². The Kier molecular flexibility index (Phi) is 5.41. The van der Waals surface area contributed by atoms with E-state index in [-0.39, 0.29) is 16.8 Å². The molecule has 1 atom stereocenters. The quantitative estimate of drug-likeness (QED) is 0.308. The summed E-state index contributed by atoms with van der Waals surface area (Å²) in [6.07, 6.45) is 0. The van der Waals surface area contributed by atoms with Gasteiger partial charge in [-0.25, -0.2) is 22.5 Å². The predicted molar refractivity (Wildman–Crippen MR) is 97.2 cm³/mol. The van der Waals surface area contributed by atoms with E-state index < -0.39 is 40.1 Å². The molecule has 0 aliphatic rings. The zero-order valence-corrected chi connectivity index (χ0v) is 15.4. The summed E-state index contributed by atoms with van der Waals surface area (Å²) in [5, 5.41) is 1.45. The summed E-state index contributed by atoms with van der Waals surface area (Å²) in [6, 6.07) is 6.68. The number of fused-ring (bicyclic) bond motifs is 1. The van der Waals surface area contributed by atoms with Crippen LogP contribution in [0.1, 0.15) is 6.92 Å². The van der Waals surface area contributed by atoms with Gasteiger partial charge in [-0.1, -0.05) is 23.9 Å². The van der Waals surface area contributed by atoms with Gasteiger partial charge in [-0.3, -0.25) is 14.2 Å². The van der Waals surface area contributed by atoms with Crippen LogP contribution in [0.25, 0.3) is 10.9 Å². The molecular formula is C18H13F4N3O2S. The van der Waals surface area contributed by atoms with E-state index in [2.05, 4.69) is 4.98 Å². The fourth-order valence-electron chi connectivity index (χ4n) is 2.42.